The van der Waals surface area contributed by atoms with Crippen LogP contribution in [0.1, 0.15) is 153 Å². The van der Waals surface area contributed by atoms with Crippen LogP contribution in [0.5, 0.6) is 11.5 Å². The minimum atomic E-state index is -0.997. The highest BCUT2D eigenvalue weighted by Crippen LogP contribution is 2.48. The van der Waals surface area contributed by atoms with Crippen molar-refractivity contribution in [2.24, 2.45) is 5.92 Å². The van der Waals surface area contributed by atoms with Gasteiger partial charge in [-0.25, -0.2) is 0 Å². The number of unbranched alkanes of at least 4 members (excludes halogenated alkanes) is 1. The van der Waals surface area contributed by atoms with E-state index in [9.17, 15) is 0 Å². The van der Waals surface area contributed by atoms with E-state index in [2.05, 4.69) is 120 Å². The largest absolute Gasteiger partial charge is 0.704 e. The molecule has 2 fully saturated rings. The quantitative estimate of drug-likeness (QED) is 0.226. The summed E-state index contributed by atoms with van der Waals surface area (Å²) in [4.78, 5) is 2.57. The van der Waals surface area contributed by atoms with E-state index >= 15 is 0 Å². The predicted molar refractivity (Wildman–Crippen MR) is 200 cm³/mol. The second-order valence-electron chi connectivity index (χ2n) is 17.4. The Morgan fingerprint density at radius 3 is 1.98 bits per heavy atom. The molecule has 2 aromatic carbocycles. The Labute approximate surface area is 292 Å². The zero-order valence-electron chi connectivity index (χ0n) is 32.0. The normalized spacial score (nSPS) is 23.6. The molecule has 0 radical (unpaired) electrons. The van der Waals surface area contributed by atoms with Gasteiger partial charge in [-0.3, -0.25) is 0 Å². The van der Waals surface area contributed by atoms with Gasteiger partial charge in [-0.2, -0.15) is 0 Å². The minimum Gasteiger partial charge on any atom is -0.340 e. The summed E-state index contributed by atoms with van der Waals surface area (Å²) in [6, 6.07) is 9.33. The summed E-state index contributed by atoms with van der Waals surface area (Å²) in [6.45, 7) is 26.5. The minimum absolute atomic E-state index is 0.0478. The molecule has 0 amide bonds. The summed E-state index contributed by atoms with van der Waals surface area (Å²) in [7, 11) is 0. The van der Waals surface area contributed by atoms with E-state index in [-0.39, 0.29) is 10.8 Å². The highest BCUT2D eigenvalue weighted by atomic mass is 16.7. The number of fused-ring (bicyclic) bond motifs is 5. The molecule has 4 unspecified atom stereocenters. The molecular weight excluding hydrogens is 590 g/mol. The van der Waals surface area contributed by atoms with Crippen LogP contribution in [0.15, 0.2) is 24.3 Å². The van der Waals surface area contributed by atoms with E-state index in [1.165, 1.54) is 84.9 Å². The zero-order valence-corrected chi connectivity index (χ0v) is 32.0. The predicted octanol–water partition coefficient (Wildman–Crippen LogP) is 9.34. The lowest BCUT2D eigenvalue weighted by molar-refractivity contribution is -0.866. The Kier molecular flexibility index (Phi) is 9.95. The third kappa shape index (κ3) is 6.62. The average molecular weight is 656 g/mol. The molecule has 0 bridgehead atoms. The number of rotatable bonds is 11. The topological polar surface area (TPSA) is 27.7 Å². The maximum absolute atomic E-state index is 7.36. The van der Waals surface area contributed by atoms with Crippen LogP contribution in [0.4, 0.5) is 0 Å². The van der Waals surface area contributed by atoms with Crippen molar-refractivity contribution in [1.82, 2.24) is 4.90 Å². The lowest BCUT2D eigenvalue weighted by atomic mass is 9.79. The van der Waals surface area contributed by atoms with Crippen molar-refractivity contribution in [3.8, 4) is 11.5 Å². The summed E-state index contributed by atoms with van der Waals surface area (Å²) in [6.07, 6.45) is 17.3. The Hall–Kier alpha value is -2.66. The van der Waals surface area contributed by atoms with Crippen LogP contribution in [0.2, 0.25) is 0 Å². The van der Waals surface area contributed by atoms with E-state index < -0.39 is 6.03 Å². The smallest absolute Gasteiger partial charge is 0.340 e. The second kappa shape index (κ2) is 13.6. The maximum Gasteiger partial charge on any atom is 0.704 e. The summed E-state index contributed by atoms with van der Waals surface area (Å²) < 4.78 is 19.6. The molecule has 2 aromatic rings. The molecule has 0 N–H and O–H groups in total. The molecule has 1 aliphatic carbocycles. The maximum atomic E-state index is 7.36. The lowest BCUT2D eigenvalue weighted by Crippen LogP contribution is -2.60. The van der Waals surface area contributed by atoms with Crippen molar-refractivity contribution in [3.63, 3.8) is 0 Å². The standard InChI is InChI=1S/C43H65N3O2/c1-11-14-18-31(19-17-22-44(12-2)13-3)24-32-23-30(4)39-33(25-32)28-45-37-20-15-16-21-38(37)46-29-34-26-35(41(5,6)7)27-36(42(8,9)10)40(34)48-43(45,46)47-39/h23,25-29,31,37-38H,11-22,24H2,1-10H3/q+2. The van der Waals surface area contributed by atoms with Crippen molar-refractivity contribution < 1.29 is 18.6 Å². The molecular formula is C43H65N3O2+2. The Morgan fingerprint density at radius 1 is 0.792 bits per heavy atom. The summed E-state index contributed by atoms with van der Waals surface area (Å²) >= 11 is 0. The fourth-order valence-corrected chi connectivity index (χ4v) is 8.85. The van der Waals surface area contributed by atoms with Gasteiger partial charge in [-0.15, -0.1) is 0 Å². The summed E-state index contributed by atoms with van der Waals surface area (Å²) in [5.41, 5.74) is 7.65. The van der Waals surface area contributed by atoms with Crippen LogP contribution >= 0.6 is 0 Å². The Morgan fingerprint density at radius 2 is 1.40 bits per heavy atom. The Bertz CT molecular complexity index is 1550. The van der Waals surface area contributed by atoms with Gasteiger partial charge < -0.3 is 14.4 Å². The van der Waals surface area contributed by atoms with Crippen LogP contribution in [0.3, 0.4) is 0 Å². The number of hydrogen-bond donors (Lipinski definition) is 0. The molecule has 5 heteroatoms. The van der Waals surface area contributed by atoms with E-state index in [4.69, 9.17) is 9.47 Å². The van der Waals surface area contributed by atoms with Crippen molar-refractivity contribution >= 4 is 12.4 Å². The molecule has 0 aromatic heterocycles. The first-order valence-electron chi connectivity index (χ1n) is 19.5. The molecule has 3 aliphatic heterocycles. The SMILES string of the molecule is CCCCC(CCCN(CC)CC)Cc1cc(C)c2c(c1)C=[N+]1C3CCCCC3[N+]3=Cc4cc(C(C)(C)C)cc(C(C)(C)C)c4OC13O2. The van der Waals surface area contributed by atoms with Crippen molar-refractivity contribution in [1.29, 1.82) is 0 Å². The molecule has 48 heavy (non-hydrogen) atoms. The average Bonchev–Trinajstić information content (AvgIpc) is 3.31. The molecule has 4 atom stereocenters. The van der Waals surface area contributed by atoms with Gasteiger partial charge in [0.05, 0.1) is 11.1 Å². The van der Waals surface area contributed by atoms with Crippen LogP contribution in [-0.4, -0.2) is 64.2 Å². The van der Waals surface area contributed by atoms with Crippen LogP contribution in [0, 0.1) is 12.8 Å². The van der Waals surface area contributed by atoms with Gasteiger partial charge in [0.1, 0.15) is 0 Å². The van der Waals surface area contributed by atoms with Crippen LogP contribution < -0.4 is 9.47 Å². The van der Waals surface area contributed by atoms with Crippen LogP contribution in [0.25, 0.3) is 0 Å². The van der Waals surface area contributed by atoms with E-state index in [1.54, 1.807) is 0 Å². The van der Waals surface area contributed by atoms with Gasteiger partial charge in [0, 0.05) is 18.4 Å². The summed E-state index contributed by atoms with van der Waals surface area (Å²) in [5.74, 6) is 2.68. The molecule has 1 saturated carbocycles. The number of hydrogen-bond acceptors (Lipinski definition) is 3. The Balaban J connectivity index is 1.38. The highest BCUT2D eigenvalue weighted by molar-refractivity contribution is 5.85. The van der Waals surface area contributed by atoms with Crippen LogP contribution in [-0.2, 0) is 17.3 Å². The first kappa shape index (κ1) is 35.2. The van der Waals surface area contributed by atoms with E-state index in [0.717, 1.165) is 49.8 Å². The first-order valence-corrected chi connectivity index (χ1v) is 19.5. The number of aryl methyl sites for hydroxylation is 1. The number of benzene rings is 2. The van der Waals surface area contributed by atoms with Crippen molar-refractivity contribution in [2.45, 2.75) is 162 Å². The van der Waals surface area contributed by atoms with E-state index in [1.807, 2.05) is 0 Å². The van der Waals surface area contributed by atoms with Gasteiger partial charge >= 0.3 is 6.03 Å². The number of ether oxygens (including phenoxy) is 2. The highest BCUT2D eigenvalue weighted by Gasteiger charge is 2.76. The lowest BCUT2D eigenvalue weighted by Gasteiger charge is -2.33. The van der Waals surface area contributed by atoms with Gasteiger partial charge in [0.15, 0.2) is 23.9 Å². The van der Waals surface area contributed by atoms with Gasteiger partial charge in [-0.05, 0) is 104 Å². The van der Waals surface area contributed by atoms with E-state index in [0.29, 0.717) is 12.1 Å². The molecule has 4 aliphatic rings. The van der Waals surface area contributed by atoms with Crippen molar-refractivity contribution in [2.75, 3.05) is 19.6 Å². The molecule has 1 saturated heterocycles. The monoisotopic (exact) mass is 656 g/mol. The first-order chi connectivity index (χ1) is 22.8. The molecule has 6 rings (SSSR count). The third-order valence-electron chi connectivity index (χ3n) is 11.7. The van der Waals surface area contributed by atoms with Gasteiger partial charge in [-0.1, -0.05) is 103 Å². The molecule has 5 nitrogen and oxygen atoms in total. The van der Waals surface area contributed by atoms with Crippen molar-refractivity contribution in [3.05, 3.63) is 57.6 Å². The number of nitrogens with zero attached hydrogens (tertiary/aromatic N) is 3. The third-order valence-corrected chi connectivity index (χ3v) is 11.7. The summed E-state index contributed by atoms with van der Waals surface area (Å²) in [5, 5.41) is 0. The molecule has 1 spiro atoms. The zero-order chi connectivity index (χ0) is 34.4. The fraction of sp³-hybridized carbons (Fsp3) is 0.674. The molecule has 262 valence electrons. The van der Waals surface area contributed by atoms with Gasteiger partial charge in [0.2, 0.25) is 12.1 Å². The fourth-order valence-electron chi connectivity index (χ4n) is 8.85. The van der Waals surface area contributed by atoms with Gasteiger partial charge in [0.25, 0.3) is 0 Å². The molecule has 3 heterocycles. The second-order valence-corrected chi connectivity index (χ2v) is 17.4.